The van der Waals surface area contributed by atoms with Crippen molar-refractivity contribution in [2.45, 2.75) is 215 Å². The van der Waals surface area contributed by atoms with Crippen LogP contribution in [0.25, 0.3) is 0 Å². The van der Waals surface area contributed by atoms with Crippen LogP contribution in [0.4, 0.5) is 0 Å². The minimum absolute atomic E-state index is 0.0443. The third-order valence-electron chi connectivity index (χ3n) is 19.9. The molecule has 0 aromatic heterocycles. The van der Waals surface area contributed by atoms with Crippen molar-refractivity contribution in [2.75, 3.05) is 19.8 Å². The number of aliphatic hydroxyl groups excluding tert-OH is 13. The van der Waals surface area contributed by atoms with Crippen molar-refractivity contribution in [1.82, 2.24) is 0 Å². The lowest BCUT2D eigenvalue weighted by Crippen LogP contribution is -2.64. The minimum Gasteiger partial charge on any atom is -0.433 e. The average Bonchev–Trinajstić information content (AvgIpc) is 3.98. The van der Waals surface area contributed by atoms with Gasteiger partial charge in [-0.25, -0.2) is 0 Å². The van der Waals surface area contributed by atoms with Gasteiger partial charge in [0.05, 0.1) is 37.8 Å². The highest BCUT2D eigenvalue weighted by Gasteiger charge is 2.69. The maximum atomic E-state index is 15.1. The second-order valence-corrected chi connectivity index (χ2v) is 24.1. The van der Waals surface area contributed by atoms with Crippen molar-refractivity contribution in [1.29, 1.82) is 0 Å². The zero-order chi connectivity index (χ0) is 56.5. The van der Waals surface area contributed by atoms with Crippen LogP contribution in [-0.4, -0.2) is 221 Å². The summed E-state index contributed by atoms with van der Waals surface area (Å²) in [5.74, 6) is -2.44. The summed E-state index contributed by atoms with van der Waals surface area (Å²) in [6.45, 7) is 21.1. The van der Waals surface area contributed by atoms with E-state index in [9.17, 15) is 71.2 Å². The molecule has 4 heterocycles. The van der Waals surface area contributed by atoms with Crippen molar-refractivity contribution in [2.24, 2.45) is 51.8 Å². The summed E-state index contributed by atoms with van der Waals surface area (Å²) in [6, 6.07) is 0. The average molecular weight is 1100 g/mol. The van der Waals surface area contributed by atoms with Gasteiger partial charge in [-0.05, 0) is 118 Å². The number of carbonyl (C=O) groups excluding carboxylic acids is 2. The van der Waals surface area contributed by atoms with Crippen molar-refractivity contribution in [3.8, 4) is 0 Å². The molecule has 4 saturated heterocycles. The smallest absolute Gasteiger partial charge is 0.314 e. The molecule has 0 amide bonds. The van der Waals surface area contributed by atoms with E-state index in [4.69, 9.17) is 44.5 Å². The summed E-state index contributed by atoms with van der Waals surface area (Å²) in [7, 11) is 0. The van der Waals surface area contributed by atoms with Gasteiger partial charge in [-0.3, -0.25) is 9.59 Å². The lowest BCUT2D eigenvalue weighted by atomic mass is 9.39. The third kappa shape index (κ3) is 10.7. The SMILES string of the molecule is C=C(C)[C@@H]1CC[C@]2(C(=O)O[C@@H]3O[C@H](CO[C@@H]4O[C@H](CO)[C@@H](O[C@@H]5O[C@@H](C)[C@H](O)[C@@H](O)[C@H]5O)[C@H](O)[C@H]4O)[C@@H](O)[C@H](O)[C@H]3O)CC[C@]3(C)[C@H](CC[C@@H]4C(=C)[C@H](CC(=O)O[C@@H]5O[C@H](CO)[C@@H](O)[C@H](O)[C@H]5O)[C@H](C(=C)C)CC[C@]43C)[C@@H]12. The Hall–Kier alpha value is -2.60. The van der Waals surface area contributed by atoms with Gasteiger partial charge in [0.15, 0.2) is 12.6 Å². The molecule has 77 heavy (non-hydrogen) atoms. The predicted octanol–water partition coefficient (Wildman–Crippen LogP) is -1.68. The van der Waals surface area contributed by atoms with Crippen molar-refractivity contribution >= 4 is 11.9 Å². The predicted molar refractivity (Wildman–Crippen MR) is 263 cm³/mol. The molecule has 8 fully saturated rings. The maximum absolute atomic E-state index is 15.1. The molecule has 4 aliphatic heterocycles. The van der Waals surface area contributed by atoms with Gasteiger partial charge in [-0.15, -0.1) is 0 Å². The first-order valence-electron chi connectivity index (χ1n) is 27.2. The number of carbonyl (C=O) groups is 2. The van der Waals surface area contributed by atoms with E-state index >= 15 is 4.79 Å². The molecule has 438 valence electrons. The normalized spacial score (nSPS) is 51.1. The quantitative estimate of drug-likeness (QED) is 0.0682. The van der Waals surface area contributed by atoms with E-state index in [1.54, 1.807) is 0 Å². The van der Waals surface area contributed by atoms with Crippen LogP contribution in [0.5, 0.6) is 0 Å². The van der Waals surface area contributed by atoms with E-state index in [1.807, 2.05) is 13.8 Å². The van der Waals surface area contributed by atoms with Crippen molar-refractivity contribution < 1.29 is 114 Å². The summed E-state index contributed by atoms with van der Waals surface area (Å²) in [5, 5.41) is 138. The highest BCUT2D eigenvalue weighted by molar-refractivity contribution is 5.78. The maximum Gasteiger partial charge on any atom is 0.314 e. The Bertz CT molecular complexity index is 2140. The second kappa shape index (κ2) is 23.3. The summed E-state index contributed by atoms with van der Waals surface area (Å²) in [4.78, 5) is 28.9. The molecule has 23 nitrogen and oxygen atoms in total. The van der Waals surface area contributed by atoms with Gasteiger partial charge >= 0.3 is 11.9 Å². The molecule has 0 spiro atoms. The van der Waals surface area contributed by atoms with Crippen LogP contribution < -0.4 is 0 Å². The number of allylic oxidation sites excluding steroid dienone is 3. The highest BCUT2D eigenvalue weighted by Crippen LogP contribution is 2.74. The summed E-state index contributed by atoms with van der Waals surface area (Å²) < 4.78 is 45.8. The Labute approximate surface area is 448 Å². The Morgan fingerprint density at radius 2 is 1.13 bits per heavy atom. The molecule has 0 aromatic rings. The number of fused-ring (bicyclic) bond motifs is 5. The first-order chi connectivity index (χ1) is 36.2. The molecule has 8 aliphatic rings. The molecule has 0 unspecified atom stereocenters. The van der Waals surface area contributed by atoms with Gasteiger partial charge in [-0.2, -0.15) is 0 Å². The number of rotatable bonds is 14. The van der Waals surface area contributed by atoms with Gasteiger partial charge < -0.3 is 104 Å². The Morgan fingerprint density at radius 3 is 1.75 bits per heavy atom. The van der Waals surface area contributed by atoms with Gasteiger partial charge in [0, 0.05) is 0 Å². The van der Waals surface area contributed by atoms with Crippen LogP contribution in [0.3, 0.4) is 0 Å². The monoisotopic (exact) mass is 1100 g/mol. The number of ether oxygens (including phenoxy) is 8. The van der Waals surface area contributed by atoms with E-state index in [0.717, 1.165) is 23.1 Å². The fourth-order valence-electron chi connectivity index (χ4n) is 15.1. The number of esters is 2. The van der Waals surface area contributed by atoms with Crippen LogP contribution in [0.15, 0.2) is 36.5 Å². The standard InChI is InChI=1S/C54H84O23/c1-21(2)25-11-13-52(7)28(23(5)27(25)17-33(57)75-49-43(66)39(62)36(59)30(18-55)72-49)9-10-29-34-26(22(3)4)12-14-54(34,16-15-53(29,52)8)51(69)77-50-44(67)40(63)37(60)32(74-50)20-70-47-45(68)41(64)46(31(19-56)73-47)76-48-42(65)38(61)35(58)24(6)71-48/h24-32,34-50,55-56,58-68H,1,3,5,9-20H2,2,4,6-8H3/t24-,25-,26-,27-,28+,29+,30+,31+,32+,34+,35-,36+,37+,38+,39-,40-,41+,42+,43+,44+,45+,46+,47+,48-,49-,50-,52+,53+,54-/m0/s1. The second-order valence-electron chi connectivity index (χ2n) is 24.1. The highest BCUT2D eigenvalue weighted by atomic mass is 16.8. The summed E-state index contributed by atoms with van der Waals surface area (Å²) in [5.41, 5.74) is 0.750. The molecule has 0 bridgehead atoms. The fourth-order valence-corrected chi connectivity index (χ4v) is 15.1. The van der Waals surface area contributed by atoms with Crippen molar-refractivity contribution in [3.63, 3.8) is 0 Å². The molecule has 8 rings (SSSR count). The lowest BCUT2D eigenvalue weighted by Gasteiger charge is -2.65. The van der Waals surface area contributed by atoms with E-state index in [-0.39, 0.29) is 36.0 Å². The first kappa shape index (κ1) is 60.5. The zero-order valence-corrected chi connectivity index (χ0v) is 44.5. The molecular weight excluding hydrogens is 1020 g/mol. The molecule has 23 heteroatoms. The minimum atomic E-state index is -1.91. The lowest BCUT2D eigenvalue weighted by molar-refractivity contribution is -0.361. The Morgan fingerprint density at radius 1 is 0.584 bits per heavy atom. The molecule has 4 aliphatic carbocycles. The fraction of sp³-hybridized carbons (Fsp3) is 0.852. The Balaban J connectivity index is 0.960. The molecule has 29 atom stereocenters. The van der Waals surface area contributed by atoms with Gasteiger partial charge in [-0.1, -0.05) is 50.3 Å². The van der Waals surface area contributed by atoms with Crippen LogP contribution in [-0.2, 0) is 47.5 Å². The number of hydrogen-bond acceptors (Lipinski definition) is 23. The van der Waals surface area contributed by atoms with E-state index in [2.05, 4.69) is 27.0 Å². The van der Waals surface area contributed by atoms with Crippen LogP contribution >= 0.6 is 0 Å². The van der Waals surface area contributed by atoms with Gasteiger partial charge in [0.2, 0.25) is 12.6 Å². The topological polar surface area (TPSA) is 371 Å². The summed E-state index contributed by atoms with van der Waals surface area (Å²) >= 11 is 0. The zero-order valence-electron chi connectivity index (χ0n) is 44.5. The van der Waals surface area contributed by atoms with E-state index in [0.29, 0.717) is 44.9 Å². The summed E-state index contributed by atoms with van der Waals surface area (Å²) in [6.07, 6.45) is -28.2. The van der Waals surface area contributed by atoms with E-state index < -0.39 is 177 Å². The van der Waals surface area contributed by atoms with Crippen LogP contribution in [0.1, 0.15) is 92.4 Å². The number of aliphatic hydroxyl groups is 13. The van der Waals surface area contributed by atoms with Crippen molar-refractivity contribution in [3.05, 3.63) is 36.5 Å². The van der Waals surface area contributed by atoms with E-state index in [1.165, 1.54) is 6.92 Å². The molecular formula is C54H84O23. The van der Waals surface area contributed by atoms with Gasteiger partial charge in [0.1, 0.15) is 91.6 Å². The third-order valence-corrected chi connectivity index (χ3v) is 19.9. The van der Waals surface area contributed by atoms with Crippen LogP contribution in [0, 0.1) is 51.8 Å². The largest absolute Gasteiger partial charge is 0.433 e. The van der Waals surface area contributed by atoms with Crippen LogP contribution in [0.2, 0.25) is 0 Å². The molecule has 13 N–H and O–H groups in total. The molecule has 0 aromatic carbocycles. The number of hydrogen-bond donors (Lipinski definition) is 13. The Kier molecular flexibility index (Phi) is 18.3. The first-order valence-corrected chi connectivity index (χ1v) is 27.2. The van der Waals surface area contributed by atoms with Gasteiger partial charge in [0.25, 0.3) is 0 Å². The molecule has 0 radical (unpaired) electrons. The molecule has 4 saturated carbocycles.